The van der Waals surface area contributed by atoms with Gasteiger partial charge in [-0.05, 0) is 92.5 Å². The van der Waals surface area contributed by atoms with Crippen LogP contribution in [0.3, 0.4) is 0 Å². The number of aryl methyl sites for hydroxylation is 2. The second-order valence-corrected chi connectivity index (χ2v) is 10.5. The van der Waals surface area contributed by atoms with Gasteiger partial charge in [-0.15, -0.1) is 11.8 Å². The maximum atomic E-state index is 5.87. The average Bonchev–Trinajstić information content (AvgIpc) is 3.30. The first-order chi connectivity index (χ1) is 16.3. The quantitative estimate of drug-likeness (QED) is 0.288. The van der Waals surface area contributed by atoms with Crippen molar-refractivity contribution in [3.63, 3.8) is 0 Å². The molecule has 0 saturated carbocycles. The van der Waals surface area contributed by atoms with Crippen molar-refractivity contribution < 1.29 is 4.52 Å². The minimum Gasteiger partial charge on any atom is -0.351 e. The molecule has 0 spiro atoms. The third-order valence-corrected chi connectivity index (χ3v) is 7.48. The van der Waals surface area contributed by atoms with Crippen LogP contribution >= 0.6 is 24.0 Å². The van der Waals surface area contributed by atoms with Gasteiger partial charge in [-0.1, -0.05) is 37.2 Å². The first kappa shape index (κ1) is 24.5. The molecule has 178 valence electrons. The van der Waals surface area contributed by atoms with Gasteiger partial charge >= 0.3 is 0 Å². The molecule has 4 rings (SSSR count). The van der Waals surface area contributed by atoms with E-state index < -0.39 is 0 Å². The van der Waals surface area contributed by atoms with Gasteiger partial charge in [0.05, 0.1) is 11.6 Å². The van der Waals surface area contributed by atoms with Crippen LogP contribution in [0.15, 0.2) is 57.6 Å². The number of hydrogen-bond acceptors (Lipinski definition) is 5. The summed E-state index contributed by atoms with van der Waals surface area (Å²) in [5.74, 6) is 1.69. The monoisotopic (exact) mass is 492 g/mol. The molecule has 3 aromatic rings. The molecular formula is C27H32N4OS2. The molecule has 1 aliphatic rings. The zero-order valence-corrected chi connectivity index (χ0v) is 22.3. The second kappa shape index (κ2) is 10.3. The van der Waals surface area contributed by atoms with E-state index in [9.17, 15) is 0 Å². The van der Waals surface area contributed by atoms with E-state index in [0.717, 1.165) is 40.5 Å². The molecule has 0 radical (unpaired) electrons. The van der Waals surface area contributed by atoms with Gasteiger partial charge in [0, 0.05) is 22.7 Å². The molecule has 1 aliphatic heterocycles. The zero-order valence-electron chi connectivity index (χ0n) is 20.7. The molecule has 0 aliphatic carbocycles. The summed E-state index contributed by atoms with van der Waals surface area (Å²) in [4.78, 5) is 8.19. The first-order valence-corrected chi connectivity index (χ1v) is 13.3. The number of aromatic nitrogens is 2. The third-order valence-electron chi connectivity index (χ3n) is 6.40. The molecule has 5 nitrogen and oxygen atoms in total. The van der Waals surface area contributed by atoms with Crippen molar-refractivity contribution in [1.82, 2.24) is 20.4 Å². The summed E-state index contributed by atoms with van der Waals surface area (Å²) in [5, 5.41) is 8.62. The molecule has 0 saturated heterocycles. The summed E-state index contributed by atoms with van der Waals surface area (Å²) in [5.41, 5.74) is 6.60. The Morgan fingerprint density at radius 2 is 1.82 bits per heavy atom. The lowest BCUT2D eigenvalue weighted by Gasteiger charge is -2.37. The Kier molecular flexibility index (Phi) is 7.43. The van der Waals surface area contributed by atoms with Crippen LogP contribution in [0, 0.1) is 19.8 Å². The van der Waals surface area contributed by atoms with Crippen LogP contribution in [-0.4, -0.2) is 33.0 Å². The fourth-order valence-electron chi connectivity index (χ4n) is 4.10. The number of thioether (sulfide) groups is 1. The summed E-state index contributed by atoms with van der Waals surface area (Å²) in [7, 11) is 0. The Morgan fingerprint density at radius 3 is 2.47 bits per heavy atom. The van der Waals surface area contributed by atoms with Crippen LogP contribution in [0.1, 0.15) is 55.8 Å². The lowest BCUT2D eigenvalue weighted by molar-refractivity contribution is 0.390. The van der Waals surface area contributed by atoms with Gasteiger partial charge in [0.2, 0.25) is 5.82 Å². The van der Waals surface area contributed by atoms with Crippen LogP contribution in [0.25, 0.3) is 17.0 Å². The second-order valence-electron chi connectivity index (χ2n) is 9.21. The van der Waals surface area contributed by atoms with Gasteiger partial charge in [-0.25, -0.2) is 0 Å². The molecule has 1 unspecified atom stereocenters. The smallest absolute Gasteiger partial charge is 0.258 e. The number of benzene rings is 2. The fourth-order valence-corrected chi connectivity index (χ4v) is 4.85. The molecule has 1 N–H and O–H groups in total. The van der Waals surface area contributed by atoms with E-state index in [1.807, 2.05) is 12.1 Å². The summed E-state index contributed by atoms with van der Waals surface area (Å²) in [6.07, 6.45) is 3.10. The highest BCUT2D eigenvalue weighted by molar-refractivity contribution is 7.98. The van der Waals surface area contributed by atoms with Gasteiger partial charge in [0.25, 0.3) is 5.89 Å². The molecule has 0 amide bonds. The molecule has 0 bridgehead atoms. The highest BCUT2D eigenvalue weighted by atomic mass is 32.2. The Morgan fingerprint density at radius 1 is 1.09 bits per heavy atom. The van der Waals surface area contributed by atoms with E-state index in [2.05, 4.69) is 86.6 Å². The van der Waals surface area contributed by atoms with Crippen LogP contribution in [0.2, 0.25) is 0 Å². The minimum atomic E-state index is -0.158. The lowest BCUT2D eigenvalue weighted by atomic mass is 9.92. The van der Waals surface area contributed by atoms with E-state index in [4.69, 9.17) is 21.7 Å². The summed E-state index contributed by atoms with van der Waals surface area (Å²) in [6, 6.07) is 14.6. The summed E-state index contributed by atoms with van der Waals surface area (Å²) >= 11 is 7.52. The average molecular weight is 493 g/mol. The molecular weight excluding hydrogens is 460 g/mol. The van der Waals surface area contributed by atoms with E-state index >= 15 is 0 Å². The van der Waals surface area contributed by atoms with Gasteiger partial charge < -0.3 is 14.7 Å². The number of hydrogen-bond donors (Lipinski definition) is 1. The number of thiocarbonyl (C=S) groups is 1. The van der Waals surface area contributed by atoms with Gasteiger partial charge in [-0.2, -0.15) is 4.98 Å². The number of nitrogens with zero attached hydrogens (tertiary/aromatic N) is 3. The predicted molar refractivity (Wildman–Crippen MR) is 145 cm³/mol. The fraction of sp³-hybridized carbons (Fsp3) is 0.370. The number of allylic oxidation sites excluding steroid dienone is 1. The van der Waals surface area contributed by atoms with Gasteiger partial charge in [0.1, 0.15) is 0 Å². The van der Waals surface area contributed by atoms with Crippen LogP contribution in [0.5, 0.6) is 0 Å². The SMILES string of the molecule is CSc1ccc(-c2noc(C3=C(C)N(CCC(C)C)C(=S)NC3c3ccc(C)c(C)c3)n2)cc1. The van der Waals surface area contributed by atoms with E-state index in [1.54, 1.807) is 11.8 Å². The summed E-state index contributed by atoms with van der Waals surface area (Å²) in [6.45, 7) is 11.7. The van der Waals surface area contributed by atoms with E-state index in [0.29, 0.717) is 17.6 Å². The standard InChI is InChI=1S/C27H32N4OS2/c1-16(2)13-14-31-19(5)23(24(28-27(31)33)21-8-7-17(3)18(4)15-21)26-29-25(30-32-26)20-9-11-22(34-6)12-10-20/h7-12,15-16,24H,13-14H2,1-6H3,(H,28,33). The Bertz CT molecular complexity index is 1210. The highest BCUT2D eigenvalue weighted by Crippen LogP contribution is 2.38. The van der Waals surface area contributed by atoms with Crippen molar-refractivity contribution in [3.05, 3.63) is 70.7 Å². The Hall–Kier alpha value is -2.64. The lowest BCUT2D eigenvalue weighted by Crippen LogP contribution is -2.46. The highest BCUT2D eigenvalue weighted by Gasteiger charge is 2.34. The normalized spacial score (nSPS) is 16.4. The van der Waals surface area contributed by atoms with Crippen molar-refractivity contribution in [2.24, 2.45) is 5.92 Å². The minimum absolute atomic E-state index is 0.158. The van der Waals surface area contributed by atoms with E-state index in [-0.39, 0.29) is 6.04 Å². The van der Waals surface area contributed by atoms with E-state index in [1.165, 1.54) is 16.0 Å². The van der Waals surface area contributed by atoms with Crippen molar-refractivity contribution in [1.29, 1.82) is 0 Å². The molecule has 1 aromatic heterocycles. The zero-order chi connectivity index (χ0) is 24.4. The number of rotatable bonds is 7. The van der Waals surface area contributed by atoms with Gasteiger partial charge in [-0.3, -0.25) is 0 Å². The number of nitrogens with one attached hydrogen (secondary N) is 1. The Labute approximate surface area is 212 Å². The van der Waals surface area contributed by atoms with Crippen molar-refractivity contribution in [3.8, 4) is 11.4 Å². The maximum Gasteiger partial charge on any atom is 0.258 e. The summed E-state index contributed by atoms with van der Waals surface area (Å²) < 4.78 is 5.87. The van der Waals surface area contributed by atoms with Crippen molar-refractivity contribution >= 4 is 34.7 Å². The van der Waals surface area contributed by atoms with Crippen LogP contribution in [0.4, 0.5) is 0 Å². The predicted octanol–water partition coefficient (Wildman–Crippen LogP) is 6.78. The molecule has 34 heavy (non-hydrogen) atoms. The molecule has 1 atom stereocenters. The Balaban J connectivity index is 1.78. The van der Waals surface area contributed by atoms with Crippen LogP contribution < -0.4 is 5.32 Å². The molecule has 0 fully saturated rings. The molecule has 2 aromatic carbocycles. The maximum absolute atomic E-state index is 5.87. The topological polar surface area (TPSA) is 54.2 Å². The largest absolute Gasteiger partial charge is 0.351 e. The van der Waals surface area contributed by atoms with Crippen molar-refractivity contribution in [2.75, 3.05) is 12.8 Å². The van der Waals surface area contributed by atoms with Crippen molar-refractivity contribution in [2.45, 2.75) is 52.0 Å². The van der Waals surface area contributed by atoms with Crippen LogP contribution in [-0.2, 0) is 0 Å². The first-order valence-electron chi connectivity index (χ1n) is 11.6. The van der Waals surface area contributed by atoms with Gasteiger partial charge in [0.15, 0.2) is 5.11 Å². The third kappa shape index (κ3) is 5.05. The molecule has 7 heteroatoms. The molecule has 2 heterocycles.